The maximum atomic E-state index is 4.94. The third-order valence-electron chi connectivity index (χ3n) is 0.827. The van der Waals surface area contributed by atoms with Crippen LogP contribution in [-0.4, -0.2) is 30.6 Å². The molecule has 38 valence electrons. The van der Waals surface area contributed by atoms with Gasteiger partial charge in [0.1, 0.15) is 0 Å². The van der Waals surface area contributed by atoms with Gasteiger partial charge in [-0.1, -0.05) is 0 Å². The molecule has 1 fully saturated rings. The van der Waals surface area contributed by atoms with E-state index in [0.29, 0.717) is 0 Å². The van der Waals surface area contributed by atoms with E-state index in [2.05, 4.69) is 0 Å². The van der Waals surface area contributed by atoms with Crippen LogP contribution in [0.1, 0.15) is 14.3 Å². The summed E-state index contributed by atoms with van der Waals surface area (Å²) in [4.78, 5) is 0. The van der Waals surface area contributed by atoms with E-state index in [1.807, 2.05) is 0 Å². The molecule has 1 heterocycles. The molecule has 1 aliphatic heterocycles. The molecule has 0 atom stereocenters. The van der Waals surface area contributed by atoms with Gasteiger partial charge in [-0.3, -0.25) is 0 Å². The second kappa shape index (κ2) is 7.09. The summed E-state index contributed by atoms with van der Waals surface area (Å²) in [7, 11) is 0. The zero-order chi connectivity index (χ0) is 3.54. The summed E-state index contributed by atoms with van der Waals surface area (Å²) in [5, 5.41) is 0. The Morgan fingerprint density at radius 2 is 1.57 bits per heavy atom. The molecule has 0 saturated carbocycles. The van der Waals surface area contributed by atoms with Crippen molar-refractivity contribution in [2.45, 2.75) is 12.8 Å². The van der Waals surface area contributed by atoms with Crippen molar-refractivity contribution >= 4 is 17.4 Å². The molecule has 0 N–H and O–H groups in total. The molecule has 0 unspecified atom stereocenters. The normalized spacial score (nSPS) is 17.1. The number of ether oxygens (including phenoxy) is 1. The number of hydrogen-bond acceptors (Lipinski definition) is 1. The van der Waals surface area contributed by atoms with Crippen LogP contribution in [0.3, 0.4) is 0 Å². The molecular weight excluding hydrogens is 98.0 g/mol. The zero-order valence-corrected chi connectivity index (χ0v) is 4.24. The third kappa shape index (κ3) is 4.95. The zero-order valence-electron chi connectivity index (χ0n) is 5.24. The van der Waals surface area contributed by atoms with E-state index >= 15 is 0 Å². The Bertz CT molecular complexity index is 27.6. The molecule has 0 bridgehead atoms. The van der Waals surface area contributed by atoms with Gasteiger partial charge in [0, 0.05) is 13.2 Å². The molecule has 0 aromatic carbocycles. The quantitative estimate of drug-likeness (QED) is 0.297. The van der Waals surface area contributed by atoms with Crippen LogP contribution in [0, 0.1) is 0 Å². The average Bonchev–Trinajstić information content (AvgIpc) is 1.76. The Kier molecular flexibility index (Phi) is 11.1. The van der Waals surface area contributed by atoms with Gasteiger partial charge >= 0.3 is 18.9 Å². The van der Waals surface area contributed by atoms with Crippen molar-refractivity contribution < 1.29 is 25.0 Å². The van der Waals surface area contributed by atoms with Crippen LogP contribution in [-0.2, 0) is 4.74 Å². The topological polar surface area (TPSA) is 9.23 Å². The molecule has 0 aromatic heterocycles. The van der Waals surface area contributed by atoms with Crippen LogP contribution in [0.25, 0.3) is 0 Å². The summed E-state index contributed by atoms with van der Waals surface area (Å²) in [5.74, 6) is 0. The molecule has 7 heavy (non-hydrogen) atoms. The Labute approximate surface area is 68.6 Å². The second-order valence-corrected chi connectivity index (χ2v) is 1.32. The Morgan fingerprint density at radius 3 is 1.71 bits per heavy atom. The standard InChI is InChI=1S/C4H8O.Al.Li.4H/c1-2-4-5-3-1;;;;;;/h1-4H2;;;;;;/q;;+1;;;;-1. The van der Waals surface area contributed by atoms with Crippen LogP contribution in [0.4, 0.5) is 0 Å². The molecule has 1 saturated heterocycles. The van der Waals surface area contributed by atoms with Crippen LogP contribution in [0.2, 0.25) is 0 Å². The largest absolute Gasteiger partial charge is 1.00 e. The van der Waals surface area contributed by atoms with Crippen molar-refractivity contribution in [2.75, 3.05) is 13.2 Å². The minimum absolute atomic E-state index is 0. The molecule has 0 spiro atoms. The summed E-state index contributed by atoms with van der Waals surface area (Å²) >= 11 is 0. The molecule has 3 heteroatoms. The van der Waals surface area contributed by atoms with Gasteiger partial charge in [0.2, 0.25) is 0 Å². The van der Waals surface area contributed by atoms with Gasteiger partial charge in [-0.15, -0.1) is 0 Å². The first-order valence-electron chi connectivity index (χ1n) is 2.08. The molecule has 0 amide bonds. The SMILES string of the molecule is C1CCOC1.[AlH3].[H-].[Li+]. The first kappa shape index (κ1) is 11.0. The van der Waals surface area contributed by atoms with E-state index < -0.39 is 0 Å². The smallest absolute Gasteiger partial charge is 1.00 e. The maximum absolute atomic E-state index is 4.94. The number of hydrogen-bond donors (Lipinski definition) is 0. The molecular formula is C4H12AlLiO. The van der Waals surface area contributed by atoms with E-state index in [9.17, 15) is 0 Å². The van der Waals surface area contributed by atoms with Gasteiger partial charge < -0.3 is 6.16 Å². The Balaban J connectivity index is -0.0000000833. The van der Waals surface area contributed by atoms with Gasteiger partial charge in [0.15, 0.2) is 17.4 Å². The van der Waals surface area contributed by atoms with Gasteiger partial charge in [-0.25, -0.2) is 0 Å². The summed E-state index contributed by atoms with van der Waals surface area (Å²) in [6.07, 6.45) is 2.56. The van der Waals surface area contributed by atoms with Gasteiger partial charge in [-0.05, 0) is 12.8 Å². The summed E-state index contributed by atoms with van der Waals surface area (Å²) < 4.78 is 4.94. The fourth-order valence-corrected chi connectivity index (χ4v) is 0.510. The minimum atomic E-state index is 0. The van der Waals surface area contributed by atoms with Gasteiger partial charge in [0.25, 0.3) is 0 Å². The fourth-order valence-electron chi connectivity index (χ4n) is 0.510. The number of rotatable bonds is 0. The Hall–Kier alpha value is 1.09. The Morgan fingerprint density at radius 1 is 1.14 bits per heavy atom. The molecule has 0 aromatic rings. The van der Waals surface area contributed by atoms with E-state index in [1.54, 1.807) is 0 Å². The maximum Gasteiger partial charge on any atom is 1.00 e. The molecule has 1 rings (SSSR count). The first-order chi connectivity index (χ1) is 2.50. The van der Waals surface area contributed by atoms with E-state index in [1.165, 1.54) is 12.8 Å². The summed E-state index contributed by atoms with van der Waals surface area (Å²) in [6, 6.07) is 0. The molecule has 0 radical (unpaired) electrons. The first-order valence-corrected chi connectivity index (χ1v) is 2.08. The van der Waals surface area contributed by atoms with Crippen LogP contribution in [0.5, 0.6) is 0 Å². The molecule has 1 aliphatic rings. The van der Waals surface area contributed by atoms with Crippen molar-refractivity contribution in [1.29, 1.82) is 0 Å². The van der Waals surface area contributed by atoms with Crippen molar-refractivity contribution in [3.05, 3.63) is 0 Å². The summed E-state index contributed by atoms with van der Waals surface area (Å²) in [6.45, 7) is 2.00. The average molecular weight is 110 g/mol. The van der Waals surface area contributed by atoms with E-state index in [0.717, 1.165) is 13.2 Å². The van der Waals surface area contributed by atoms with Gasteiger partial charge in [0.05, 0.1) is 0 Å². The predicted octanol–water partition coefficient (Wildman–Crippen LogP) is -3.27. The van der Waals surface area contributed by atoms with Crippen LogP contribution in [0.15, 0.2) is 0 Å². The predicted molar refractivity (Wildman–Crippen MR) is 31.1 cm³/mol. The molecule has 1 nitrogen and oxygen atoms in total. The van der Waals surface area contributed by atoms with Crippen molar-refractivity contribution in [3.8, 4) is 0 Å². The van der Waals surface area contributed by atoms with Crippen molar-refractivity contribution in [3.63, 3.8) is 0 Å². The van der Waals surface area contributed by atoms with Gasteiger partial charge in [-0.2, -0.15) is 0 Å². The summed E-state index contributed by atoms with van der Waals surface area (Å²) in [5.41, 5.74) is 0. The van der Waals surface area contributed by atoms with Crippen molar-refractivity contribution in [1.82, 2.24) is 0 Å². The van der Waals surface area contributed by atoms with Crippen LogP contribution < -0.4 is 18.9 Å². The monoisotopic (exact) mass is 110 g/mol. The van der Waals surface area contributed by atoms with E-state index in [4.69, 9.17) is 4.74 Å². The van der Waals surface area contributed by atoms with E-state index in [-0.39, 0.29) is 37.6 Å². The molecule has 0 aliphatic carbocycles. The second-order valence-electron chi connectivity index (χ2n) is 1.32. The third-order valence-corrected chi connectivity index (χ3v) is 0.827. The van der Waals surface area contributed by atoms with Crippen molar-refractivity contribution in [2.24, 2.45) is 0 Å². The minimum Gasteiger partial charge on any atom is -1.00 e. The fraction of sp³-hybridized carbons (Fsp3) is 1.00. The van der Waals surface area contributed by atoms with Crippen LogP contribution >= 0.6 is 0 Å².